The van der Waals surface area contributed by atoms with Crippen LogP contribution in [0.15, 0.2) is 39.5 Å². The fourth-order valence-electron chi connectivity index (χ4n) is 5.26. The molecule has 49 heavy (non-hydrogen) atoms. The Kier molecular flexibility index (Phi) is 10.2. The van der Waals surface area contributed by atoms with Crippen molar-refractivity contribution in [2.24, 2.45) is 0 Å². The number of esters is 1. The van der Waals surface area contributed by atoms with E-state index in [0.29, 0.717) is 0 Å². The predicted octanol–water partition coefficient (Wildman–Crippen LogP) is -1.66. The number of aliphatic hydroxyl groups is 5. The molecule has 19 nitrogen and oxygen atoms in total. The van der Waals surface area contributed by atoms with Crippen molar-refractivity contribution in [2.45, 2.75) is 74.8 Å². The van der Waals surface area contributed by atoms with Crippen LogP contribution in [0, 0.1) is 0 Å². The second-order valence-electron chi connectivity index (χ2n) is 11.3. The number of hydrogen-bond acceptors (Lipinski definition) is 18. The standard InChI is InChI=1S/C30H32O19/c1-9-20(38)23(41)25(43)29(45-9)49-28-24(42)21(39)16(8-44-18(37)7-17(35)36)47-30(28)48-27-22(40)19-14(34)5-11(31)6-15(19)46-26(27)10-2-3-12(32)13(33)4-10/h2-6,9,16,20-21,23-25,28-34,38-39,41-43H,7-8H2,1H3,(H,35,36). The van der Waals surface area contributed by atoms with Crippen molar-refractivity contribution in [3.05, 3.63) is 40.6 Å². The quantitative estimate of drug-likeness (QED) is 0.0680. The Hall–Kier alpha value is -4.73. The van der Waals surface area contributed by atoms with Crippen LogP contribution in [0.25, 0.3) is 22.3 Å². The van der Waals surface area contributed by atoms with Crippen LogP contribution >= 0.6 is 0 Å². The summed E-state index contributed by atoms with van der Waals surface area (Å²) in [6.45, 7) is 0.477. The van der Waals surface area contributed by atoms with Gasteiger partial charge in [-0.1, -0.05) is 0 Å². The Balaban J connectivity index is 1.60. The number of fused-ring (bicyclic) bond motifs is 1. The van der Waals surface area contributed by atoms with Crippen molar-refractivity contribution in [2.75, 3.05) is 6.61 Å². The molecule has 0 aliphatic carbocycles. The Morgan fingerprint density at radius 3 is 2.20 bits per heavy atom. The minimum absolute atomic E-state index is 0.114. The van der Waals surface area contributed by atoms with Gasteiger partial charge < -0.3 is 79.2 Å². The number of benzene rings is 2. The van der Waals surface area contributed by atoms with Gasteiger partial charge in [0, 0.05) is 17.7 Å². The summed E-state index contributed by atoms with van der Waals surface area (Å²) in [6, 6.07) is 4.99. The van der Waals surface area contributed by atoms with Crippen molar-refractivity contribution in [1.82, 2.24) is 0 Å². The molecule has 266 valence electrons. The van der Waals surface area contributed by atoms with Gasteiger partial charge in [0.25, 0.3) is 0 Å². The van der Waals surface area contributed by atoms with E-state index in [2.05, 4.69) is 0 Å². The molecule has 19 heteroatoms. The third-order valence-corrected chi connectivity index (χ3v) is 7.84. The van der Waals surface area contributed by atoms with Gasteiger partial charge in [0.05, 0.1) is 6.10 Å². The lowest BCUT2D eigenvalue weighted by atomic mass is 9.97. The van der Waals surface area contributed by atoms with Crippen molar-refractivity contribution in [1.29, 1.82) is 0 Å². The van der Waals surface area contributed by atoms with E-state index in [1.807, 2.05) is 0 Å². The normalized spacial score (nSPS) is 30.2. The number of phenolic OH excluding ortho intramolecular Hbond substituents is 4. The van der Waals surface area contributed by atoms with Gasteiger partial charge in [0.15, 0.2) is 29.7 Å². The number of carboxylic acid groups (broad SMARTS) is 1. The van der Waals surface area contributed by atoms with Gasteiger partial charge >= 0.3 is 11.9 Å². The summed E-state index contributed by atoms with van der Waals surface area (Å²) in [5.74, 6) is -6.54. The highest BCUT2D eigenvalue weighted by molar-refractivity contribution is 5.90. The van der Waals surface area contributed by atoms with E-state index in [1.54, 1.807) is 0 Å². The first-order valence-electron chi connectivity index (χ1n) is 14.5. The number of ether oxygens (including phenoxy) is 5. The highest BCUT2D eigenvalue weighted by Gasteiger charge is 2.51. The average Bonchev–Trinajstić information content (AvgIpc) is 3.03. The molecule has 10 N–H and O–H groups in total. The van der Waals surface area contributed by atoms with Gasteiger partial charge in [-0.2, -0.15) is 0 Å². The van der Waals surface area contributed by atoms with Crippen LogP contribution in [0.2, 0.25) is 0 Å². The number of aromatic hydroxyl groups is 4. The summed E-state index contributed by atoms with van der Waals surface area (Å²) in [4.78, 5) is 36.7. The maximum atomic E-state index is 13.9. The number of carboxylic acids is 1. The molecular formula is C30H32O19. The van der Waals surface area contributed by atoms with Crippen molar-refractivity contribution in [3.63, 3.8) is 0 Å². The molecule has 2 saturated heterocycles. The fourth-order valence-corrected chi connectivity index (χ4v) is 5.26. The van der Waals surface area contributed by atoms with Crippen molar-refractivity contribution >= 4 is 22.9 Å². The monoisotopic (exact) mass is 696 g/mol. The molecule has 2 aromatic carbocycles. The number of rotatable bonds is 9. The number of aliphatic hydroxyl groups excluding tert-OH is 5. The maximum absolute atomic E-state index is 13.9. The lowest BCUT2D eigenvalue weighted by Crippen LogP contribution is -2.64. The predicted molar refractivity (Wildman–Crippen MR) is 156 cm³/mol. The average molecular weight is 697 g/mol. The van der Waals surface area contributed by atoms with E-state index in [-0.39, 0.29) is 11.1 Å². The molecule has 1 aromatic heterocycles. The minimum atomic E-state index is -2.07. The molecule has 5 rings (SSSR count). The first-order chi connectivity index (χ1) is 23.1. The Bertz CT molecular complexity index is 1770. The van der Waals surface area contributed by atoms with Crippen LogP contribution in [0.1, 0.15) is 13.3 Å². The summed E-state index contributed by atoms with van der Waals surface area (Å²) in [6.07, 6.45) is -19.0. The molecule has 2 aliphatic heterocycles. The highest BCUT2D eigenvalue weighted by atomic mass is 16.8. The number of carbonyl (C=O) groups excluding carboxylic acids is 1. The molecule has 0 bridgehead atoms. The maximum Gasteiger partial charge on any atom is 0.317 e. The van der Waals surface area contributed by atoms with Gasteiger partial charge in [-0.05, 0) is 25.1 Å². The molecule has 0 radical (unpaired) electrons. The SMILES string of the molecule is CC1OC(OC2C(Oc3c(-c4ccc(O)c(O)c4)oc4cc(O)cc(O)c4c3=O)OC(COC(=O)CC(=O)O)C(O)C2O)C(O)C(O)C1O. The number of carbonyl (C=O) groups is 2. The second kappa shape index (κ2) is 14.0. The molecule has 3 heterocycles. The zero-order valence-corrected chi connectivity index (χ0v) is 25.2. The second-order valence-corrected chi connectivity index (χ2v) is 11.3. The van der Waals surface area contributed by atoms with E-state index in [4.69, 9.17) is 33.2 Å². The Labute approximate surface area is 273 Å². The molecule has 0 spiro atoms. The summed E-state index contributed by atoms with van der Waals surface area (Å²) in [5.41, 5.74) is -1.60. The largest absolute Gasteiger partial charge is 0.508 e. The summed E-state index contributed by atoms with van der Waals surface area (Å²) in [7, 11) is 0. The number of aliphatic carboxylic acids is 1. The zero-order valence-electron chi connectivity index (χ0n) is 25.2. The Morgan fingerprint density at radius 1 is 0.816 bits per heavy atom. The summed E-state index contributed by atoms with van der Waals surface area (Å²) >= 11 is 0. The van der Waals surface area contributed by atoms with Crippen LogP contribution in [-0.4, -0.2) is 131 Å². The lowest BCUT2D eigenvalue weighted by molar-refractivity contribution is -0.354. The molecule has 2 aliphatic rings. The molecule has 0 saturated carbocycles. The van der Waals surface area contributed by atoms with E-state index in [9.17, 15) is 60.3 Å². The van der Waals surface area contributed by atoms with E-state index < -0.39 is 132 Å². The topological polar surface area (TPSA) is 313 Å². The fraction of sp³-hybridized carbons (Fsp3) is 0.433. The minimum Gasteiger partial charge on any atom is -0.508 e. The van der Waals surface area contributed by atoms with E-state index in [0.717, 1.165) is 24.3 Å². The van der Waals surface area contributed by atoms with Crippen LogP contribution in [-0.2, 0) is 28.5 Å². The third kappa shape index (κ3) is 7.19. The van der Waals surface area contributed by atoms with Crippen molar-refractivity contribution < 1.29 is 88.8 Å². The van der Waals surface area contributed by atoms with Gasteiger partial charge in [-0.3, -0.25) is 14.4 Å². The van der Waals surface area contributed by atoms with Gasteiger partial charge in [-0.15, -0.1) is 0 Å². The lowest BCUT2D eigenvalue weighted by Gasteiger charge is -2.45. The first-order valence-corrected chi connectivity index (χ1v) is 14.5. The number of phenols is 4. The summed E-state index contributed by atoms with van der Waals surface area (Å²) in [5, 5.41) is 102. The van der Waals surface area contributed by atoms with Crippen LogP contribution < -0.4 is 10.2 Å². The van der Waals surface area contributed by atoms with Crippen LogP contribution in [0.4, 0.5) is 0 Å². The third-order valence-electron chi connectivity index (χ3n) is 7.84. The molecule has 0 amide bonds. The molecule has 3 aromatic rings. The Morgan fingerprint density at radius 2 is 1.53 bits per heavy atom. The van der Waals surface area contributed by atoms with Gasteiger partial charge in [0.1, 0.15) is 72.1 Å². The molecule has 10 atom stereocenters. The van der Waals surface area contributed by atoms with E-state index in [1.165, 1.54) is 13.0 Å². The molecule has 2 fully saturated rings. The van der Waals surface area contributed by atoms with E-state index >= 15 is 0 Å². The van der Waals surface area contributed by atoms with Crippen LogP contribution in [0.5, 0.6) is 28.7 Å². The van der Waals surface area contributed by atoms with Crippen LogP contribution in [0.3, 0.4) is 0 Å². The zero-order chi connectivity index (χ0) is 35.9. The first kappa shape index (κ1) is 35.6. The highest BCUT2D eigenvalue weighted by Crippen LogP contribution is 2.40. The molecule has 10 unspecified atom stereocenters. The van der Waals surface area contributed by atoms with Gasteiger partial charge in [-0.25, -0.2) is 0 Å². The number of hydrogen-bond donors (Lipinski definition) is 10. The van der Waals surface area contributed by atoms with Crippen molar-refractivity contribution in [3.8, 4) is 40.1 Å². The summed E-state index contributed by atoms with van der Waals surface area (Å²) < 4.78 is 33.4. The van der Waals surface area contributed by atoms with Gasteiger partial charge in [0.2, 0.25) is 17.5 Å². The smallest absolute Gasteiger partial charge is 0.317 e. The molecular weight excluding hydrogens is 664 g/mol.